The van der Waals surface area contributed by atoms with Crippen molar-refractivity contribution in [2.24, 2.45) is 11.1 Å². The lowest BCUT2D eigenvalue weighted by Gasteiger charge is -2.26. The Bertz CT molecular complexity index is 558. The van der Waals surface area contributed by atoms with Crippen molar-refractivity contribution in [1.29, 1.82) is 0 Å². The van der Waals surface area contributed by atoms with Crippen LogP contribution >= 0.6 is 0 Å². The highest BCUT2D eigenvalue weighted by Crippen LogP contribution is 2.37. The van der Waals surface area contributed by atoms with Gasteiger partial charge in [0.15, 0.2) is 0 Å². The molecule has 20 heavy (non-hydrogen) atoms. The second kappa shape index (κ2) is 5.03. The third kappa shape index (κ3) is 2.29. The first-order valence-corrected chi connectivity index (χ1v) is 6.54. The standard InChI is InChI=1S/C14H20N4O2/c1-14(13(20)17-2)6-7-18(8-14)11-9(12(16)19)4-3-5-10(11)15/h3-5H,6-8,15H2,1-2H3,(H2,16,19)(H,17,20). The molecule has 5 N–H and O–H groups in total. The van der Waals surface area contributed by atoms with Crippen LogP contribution in [0.2, 0.25) is 0 Å². The lowest BCUT2D eigenvalue weighted by molar-refractivity contribution is -0.128. The molecule has 108 valence electrons. The number of nitrogen functional groups attached to an aromatic ring is 1. The molecule has 6 nitrogen and oxygen atoms in total. The predicted molar refractivity (Wildman–Crippen MR) is 78.4 cm³/mol. The second-order valence-corrected chi connectivity index (χ2v) is 5.42. The minimum Gasteiger partial charge on any atom is -0.397 e. The largest absolute Gasteiger partial charge is 0.397 e. The molecule has 1 unspecified atom stereocenters. The number of anilines is 2. The third-order valence-electron chi connectivity index (χ3n) is 3.90. The van der Waals surface area contributed by atoms with Gasteiger partial charge in [0.1, 0.15) is 0 Å². The van der Waals surface area contributed by atoms with E-state index in [1.807, 2.05) is 11.8 Å². The van der Waals surface area contributed by atoms with E-state index in [9.17, 15) is 9.59 Å². The van der Waals surface area contributed by atoms with E-state index in [0.29, 0.717) is 36.4 Å². The summed E-state index contributed by atoms with van der Waals surface area (Å²) in [6.07, 6.45) is 0.708. The molecule has 1 aromatic carbocycles. The van der Waals surface area contributed by atoms with Gasteiger partial charge in [0.2, 0.25) is 5.91 Å². The van der Waals surface area contributed by atoms with Gasteiger partial charge in [0.05, 0.1) is 22.4 Å². The number of hydrogen-bond acceptors (Lipinski definition) is 4. The number of carbonyl (C=O) groups excluding carboxylic acids is 2. The number of nitrogens with two attached hydrogens (primary N) is 2. The van der Waals surface area contributed by atoms with E-state index in [2.05, 4.69) is 5.32 Å². The average Bonchev–Trinajstić information content (AvgIpc) is 2.81. The van der Waals surface area contributed by atoms with Crippen LogP contribution in [0.4, 0.5) is 11.4 Å². The SMILES string of the molecule is CNC(=O)C1(C)CCN(c2c(N)cccc2C(N)=O)C1. The number of primary amides is 1. The van der Waals surface area contributed by atoms with E-state index in [0.717, 1.165) is 0 Å². The zero-order valence-electron chi connectivity index (χ0n) is 11.8. The second-order valence-electron chi connectivity index (χ2n) is 5.42. The molecule has 1 aromatic rings. The van der Waals surface area contributed by atoms with Crippen LogP contribution in [0.25, 0.3) is 0 Å². The fraction of sp³-hybridized carbons (Fsp3) is 0.429. The Balaban J connectivity index is 2.36. The van der Waals surface area contributed by atoms with E-state index < -0.39 is 11.3 Å². The fourth-order valence-corrected chi connectivity index (χ4v) is 2.75. The van der Waals surface area contributed by atoms with Gasteiger partial charge in [-0.25, -0.2) is 0 Å². The number of para-hydroxylation sites is 1. The van der Waals surface area contributed by atoms with Crippen LogP contribution in [0.15, 0.2) is 18.2 Å². The molecule has 1 heterocycles. The highest BCUT2D eigenvalue weighted by atomic mass is 16.2. The molecule has 1 aliphatic rings. The van der Waals surface area contributed by atoms with Gasteiger partial charge in [0, 0.05) is 20.1 Å². The van der Waals surface area contributed by atoms with E-state index >= 15 is 0 Å². The maximum Gasteiger partial charge on any atom is 0.250 e. The Hall–Kier alpha value is -2.24. The number of rotatable bonds is 3. The van der Waals surface area contributed by atoms with E-state index in [-0.39, 0.29) is 5.91 Å². The molecule has 0 aromatic heterocycles. The molecule has 1 saturated heterocycles. The number of nitrogens with one attached hydrogen (secondary N) is 1. The molecule has 2 rings (SSSR count). The molecule has 2 amide bonds. The summed E-state index contributed by atoms with van der Waals surface area (Å²) in [6.45, 7) is 3.09. The van der Waals surface area contributed by atoms with Crippen molar-refractivity contribution >= 4 is 23.2 Å². The van der Waals surface area contributed by atoms with E-state index in [4.69, 9.17) is 11.5 Å². The number of carbonyl (C=O) groups is 2. The van der Waals surface area contributed by atoms with Crippen molar-refractivity contribution < 1.29 is 9.59 Å². The number of nitrogens with zero attached hydrogens (tertiary/aromatic N) is 1. The van der Waals surface area contributed by atoms with Crippen molar-refractivity contribution in [3.8, 4) is 0 Å². The van der Waals surface area contributed by atoms with Gasteiger partial charge in [-0.05, 0) is 25.5 Å². The van der Waals surface area contributed by atoms with Crippen LogP contribution in [0, 0.1) is 5.41 Å². The summed E-state index contributed by atoms with van der Waals surface area (Å²) in [6, 6.07) is 5.09. The highest BCUT2D eigenvalue weighted by molar-refractivity contribution is 6.01. The van der Waals surface area contributed by atoms with Crippen LogP contribution in [0.5, 0.6) is 0 Å². The molecular weight excluding hydrogens is 256 g/mol. The highest BCUT2D eigenvalue weighted by Gasteiger charge is 2.41. The lowest BCUT2D eigenvalue weighted by atomic mass is 9.89. The molecule has 6 heteroatoms. The van der Waals surface area contributed by atoms with Crippen molar-refractivity contribution in [2.75, 3.05) is 30.8 Å². The molecule has 1 aliphatic heterocycles. The van der Waals surface area contributed by atoms with Crippen molar-refractivity contribution in [3.63, 3.8) is 0 Å². The number of benzene rings is 1. The fourth-order valence-electron chi connectivity index (χ4n) is 2.75. The Kier molecular flexibility index (Phi) is 3.57. The molecule has 0 radical (unpaired) electrons. The van der Waals surface area contributed by atoms with Crippen molar-refractivity contribution in [1.82, 2.24) is 5.32 Å². The Morgan fingerprint density at radius 2 is 2.10 bits per heavy atom. The van der Waals surface area contributed by atoms with E-state index in [1.165, 1.54) is 0 Å². The van der Waals surface area contributed by atoms with Crippen LogP contribution in [0.1, 0.15) is 23.7 Å². The Morgan fingerprint density at radius 1 is 1.40 bits per heavy atom. The summed E-state index contributed by atoms with van der Waals surface area (Å²) in [4.78, 5) is 25.5. The quantitative estimate of drug-likeness (QED) is 0.692. The van der Waals surface area contributed by atoms with Crippen LogP contribution in [-0.2, 0) is 4.79 Å². The summed E-state index contributed by atoms with van der Waals surface area (Å²) in [7, 11) is 1.63. The summed E-state index contributed by atoms with van der Waals surface area (Å²) < 4.78 is 0. The third-order valence-corrected chi connectivity index (χ3v) is 3.90. The summed E-state index contributed by atoms with van der Waals surface area (Å²) >= 11 is 0. The molecule has 0 saturated carbocycles. The van der Waals surface area contributed by atoms with Crippen molar-refractivity contribution in [3.05, 3.63) is 23.8 Å². The van der Waals surface area contributed by atoms with E-state index in [1.54, 1.807) is 25.2 Å². The average molecular weight is 276 g/mol. The molecule has 1 fully saturated rings. The molecule has 0 bridgehead atoms. The van der Waals surface area contributed by atoms with Crippen molar-refractivity contribution in [2.45, 2.75) is 13.3 Å². The van der Waals surface area contributed by atoms with Gasteiger partial charge in [-0.3, -0.25) is 9.59 Å². The predicted octanol–water partition coefficient (Wildman–Crippen LogP) is 0.330. The maximum atomic E-state index is 12.0. The lowest BCUT2D eigenvalue weighted by Crippen LogP contribution is -2.39. The molecule has 1 atom stereocenters. The summed E-state index contributed by atoms with van der Waals surface area (Å²) in [5, 5.41) is 2.68. The molecule has 0 aliphatic carbocycles. The van der Waals surface area contributed by atoms with Gasteiger partial charge >= 0.3 is 0 Å². The number of amides is 2. The van der Waals surface area contributed by atoms with Gasteiger partial charge in [-0.1, -0.05) is 6.07 Å². The Labute approximate surface area is 118 Å². The molecular formula is C14H20N4O2. The van der Waals surface area contributed by atoms with Gasteiger partial charge in [0.25, 0.3) is 5.91 Å². The van der Waals surface area contributed by atoms with Crippen LogP contribution in [0.3, 0.4) is 0 Å². The maximum absolute atomic E-state index is 12.0. The smallest absolute Gasteiger partial charge is 0.250 e. The first-order chi connectivity index (χ1) is 9.39. The van der Waals surface area contributed by atoms with Gasteiger partial charge < -0.3 is 21.7 Å². The first-order valence-electron chi connectivity index (χ1n) is 6.54. The monoisotopic (exact) mass is 276 g/mol. The van der Waals surface area contributed by atoms with Crippen LogP contribution < -0.4 is 21.7 Å². The minimum atomic E-state index is -0.513. The summed E-state index contributed by atoms with van der Waals surface area (Å²) in [5.74, 6) is -0.518. The van der Waals surface area contributed by atoms with Gasteiger partial charge in [-0.2, -0.15) is 0 Å². The normalized spacial score (nSPS) is 21.8. The topological polar surface area (TPSA) is 101 Å². The minimum absolute atomic E-state index is 0.00451. The Morgan fingerprint density at radius 3 is 2.70 bits per heavy atom. The number of hydrogen-bond donors (Lipinski definition) is 3. The zero-order valence-corrected chi connectivity index (χ0v) is 11.8. The van der Waals surface area contributed by atoms with Gasteiger partial charge in [-0.15, -0.1) is 0 Å². The van der Waals surface area contributed by atoms with Crippen LogP contribution in [-0.4, -0.2) is 32.0 Å². The molecule has 0 spiro atoms. The first kappa shape index (κ1) is 14.2. The zero-order chi connectivity index (χ0) is 14.9. The summed E-state index contributed by atoms with van der Waals surface area (Å²) in [5.41, 5.74) is 12.4.